The van der Waals surface area contributed by atoms with E-state index in [4.69, 9.17) is 0 Å². The largest absolute Gasteiger partial charge is 0.346 e. The Hall–Kier alpha value is -3.37. The number of Topliss-reactive ketones (excluding diaryl/α,β-unsaturated/α-hetero) is 1. The predicted molar refractivity (Wildman–Crippen MR) is 94.6 cm³/mol. The number of ketones is 1. The zero-order valence-electron chi connectivity index (χ0n) is 13.5. The van der Waals surface area contributed by atoms with Gasteiger partial charge < -0.3 is 4.90 Å². The molecule has 2 aromatic carbocycles. The minimum Gasteiger partial charge on any atom is -0.346 e. The van der Waals surface area contributed by atoms with E-state index in [1.807, 2.05) is 47.4 Å². The molecule has 0 N–H and O–H groups in total. The molecule has 2 aromatic rings. The summed E-state index contributed by atoms with van der Waals surface area (Å²) < 4.78 is 0. The molecule has 1 saturated heterocycles. The van der Waals surface area contributed by atoms with Gasteiger partial charge in [-0.05, 0) is 11.6 Å². The number of hydrogen-bond donors (Lipinski definition) is 0. The molecule has 120 valence electrons. The van der Waals surface area contributed by atoms with Crippen molar-refractivity contribution in [2.45, 2.75) is 18.5 Å². The lowest BCUT2D eigenvalue weighted by atomic mass is 9.74. The van der Waals surface area contributed by atoms with Gasteiger partial charge in [0.1, 0.15) is 11.5 Å². The number of nitrogens with zero attached hydrogens (tertiary/aromatic N) is 3. The first-order valence-corrected chi connectivity index (χ1v) is 8.17. The lowest BCUT2D eigenvalue weighted by Crippen LogP contribution is -2.45. The molecule has 0 spiro atoms. The molecule has 2 aliphatic rings. The van der Waals surface area contributed by atoms with Crippen LogP contribution in [0.25, 0.3) is 6.08 Å². The first kappa shape index (κ1) is 15.2. The van der Waals surface area contributed by atoms with Gasteiger partial charge in [0.25, 0.3) is 0 Å². The second-order valence-corrected chi connectivity index (χ2v) is 6.40. The van der Waals surface area contributed by atoms with Crippen LogP contribution in [0.4, 0.5) is 5.69 Å². The first-order chi connectivity index (χ1) is 12.2. The Morgan fingerprint density at radius 2 is 1.80 bits per heavy atom. The van der Waals surface area contributed by atoms with Crippen LogP contribution in [0.2, 0.25) is 0 Å². The number of hydrogen-bond acceptors (Lipinski definition) is 4. The van der Waals surface area contributed by atoms with E-state index in [9.17, 15) is 15.3 Å². The normalized spacial score (nSPS) is 26.2. The summed E-state index contributed by atoms with van der Waals surface area (Å²) in [6, 6.07) is 20.3. The van der Waals surface area contributed by atoms with E-state index in [-0.39, 0.29) is 12.2 Å². The Bertz CT molecular complexity index is 951. The lowest BCUT2D eigenvalue weighted by Gasteiger charge is -2.35. The number of para-hydroxylation sites is 1. The number of nitriles is 2. The van der Waals surface area contributed by atoms with E-state index < -0.39 is 17.5 Å². The zero-order valence-corrected chi connectivity index (χ0v) is 13.5. The fourth-order valence-electron chi connectivity index (χ4n) is 3.93. The Morgan fingerprint density at radius 3 is 2.52 bits per heavy atom. The molecule has 3 atom stereocenters. The molecule has 25 heavy (non-hydrogen) atoms. The van der Waals surface area contributed by atoms with E-state index in [1.165, 1.54) is 0 Å². The van der Waals surface area contributed by atoms with Gasteiger partial charge in [-0.1, -0.05) is 60.7 Å². The fraction of sp³-hybridized carbons (Fsp3) is 0.190. The third-order valence-electron chi connectivity index (χ3n) is 5.12. The molecule has 0 bridgehead atoms. The van der Waals surface area contributed by atoms with Gasteiger partial charge in [0, 0.05) is 17.7 Å². The van der Waals surface area contributed by atoms with Crippen LogP contribution in [-0.2, 0) is 0 Å². The highest BCUT2D eigenvalue weighted by Gasteiger charge is 2.57. The van der Waals surface area contributed by atoms with Crippen molar-refractivity contribution in [3.63, 3.8) is 0 Å². The smallest absolute Gasteiger partial charge is 0.185 e. The summed E-state index contributed by atoms with van der Waals surface area (Å²) in [6.45, 7) is 0. The van der Waals surface area contributed by atoms with Gasteiger partial charge in [0.05, 0.1) is 18.2 Å². The average molecular weight is 325 g/mol. The molecular weight excluding hydrogens is 310 g/mol. The summed E-state index contributed by atoms with van der Waals surface area (Å²) in [5.41, 5.74) is 1.15. The van der Waals surface area contributed by atoms with Crippen molar-refractivity contribution in [2.24, 2.45) is 5.41 Å². The molecule has 1 fully saturated rings. The number of rotatable bonds is 2. The number of carbonyl (C=O) groups excluding carboxylic acids is 1. The highest BCUT2D eigenvalue weighted by molar-refractivity contribution is 6.04. The van der Waals surface area contributed by atoms with Gasteiger partial charge in [0.15, 0.2) is 5.78 Å². The minimum atomic E-state index is -1.26. The topological polar surface area (TPSA) is 67.9 Å². The molecule has 4 nitrogen and oxygen atoms in total. The maximum Gasteiger partial charge on any atom is 0.185 e. The van der Waals surface area contributed by atoms with E-state index in [0.29, 0.717) is 5.56 Å². The second kappa shape index (κ2) is 5.61. The van der Waals surface area contributed by atoms with Gasteiger partial charge in [-0.25, -0.2) is 0 Å². The fourth-order valence-corrected chi connectivity index (χ4v) is 3.93. The van der Waals surface area contributed by atoms with Crippen molar-refractivity contribution in [3.8, 4) is 12.1 Å². The third kappa shape index (κ3) is 2.08. The summed E-state index contributed by atoms with van der Waals surface area (Å²) in [7, 11) is 0. The molecule has 0 amide bonds. The quantitative estimate of drug-likeness (QED) is 0.792. The second-order valence-electron chi connectivity index (χ2n) is 6.40. The maximum atomic E-state index is 13.2. The summed E-state index contributed by atoms with van der Waals surface area (Å²) in [5.74, 6) is -0.215. The number of anilines is 1. The van der Waals surface area contributed by atoms with Gasteiger partial charge in [0.2, 0.25) is 0 Å². The zero-order chi connectivity index (χ0) is 17.4. The standard InChI is InChI=1S/C21H15N3O/c22-13-17-12-21(14-23,20(25)16-7-2-1-3-8-16)19-11-10-15-6-4-5-9-18(15)24(17)19/h1-11,17,19H,12H2/t17-,19+,21+/m0/s1. The van der Waals surface area contributed by atoms with E-state index in [1.54, 1.807) is 24.3 Å². The maximum absolute atomic E-state index is 13.2. The molecule has 4 rings (SSSR count). The molecule has 2 aliphatic heterocycles. The van der Waals surface area contributed by atoms with Crippen LogP contribution < -0.4 is 4.90 Å². The summed E-state index contributed by atoms with van der Waals surface area (Å²) >= 11 is 0. The highest BCUT2D eigenvalue weighted by atomic mass is 16.1. The molecular formula is C21H15N3O. The monoisotopic (exact) mass is 325 g/mol. The molecule has 0 saturated carbocycles. The van der Waals surface area contributed by atoms with Crippen LogP contribution in [0, 0.1) is 28.1 Å². The van der Waals surface area contributed by atoms with Crippen molar-refractivity contribution >= 4 is 17.5 Å². The van der Waals surface area contributed by atoms with Crippen LogP contribution in [0.1, 0.15) is 22.3 Å². The predicted octanol–water partition coefficient (Wildman–Crippen LogP) is 3.58. The third-order valence-corrected chi connectivity index (χ3v) is 5.12. The molecule has 0 radical (unpaired) electrons. The number of benzene rings is 2. The Balaban J connectivity index is 1.86. The van der Waals surface area contributed by atoms with Crippen molar-refractivity contribution in [2.75, 3.05) is 4.90 Å². The lowest BCUT2D eigenvalue weighted by molar-refractivity contribution is 0.0860. The van der Waals surface area contributed by atoms with Crippen LogP contribution >= 0.6 is 0 Å². The van der Waals surface area contributed by atoms with Gasteiger partial charge >= 0.3 is 0 Å². The summed E-state index contributed by atoms with van der Waals surface area (Å²) in [5, 5.41) is 19.7. The first-order valence-electron chi connectivity index (χ1n) is 8.17. The van der Waals surface area contributed by atoms with Crippen LogP contribution in [0.15, 0.2) is 60.7 Å². The van der Waals surface area contributed by atoms with Gasteiger partial charge in [-0.2, -0.15) is 10.5 Å². The number of carbonyl (C=O) groups is 1. The molecule has 0 aliphatic carbocycles. The summed E-state index contributed by atoms with van der Waals surface area (Å²) in [6.07, 6.45) is 4.04. The summed E-state index contributed by atoms with van der Waals surface area (Å²) in [4.78, 5) is 15.2. The van der Waals surface area contributed by atoms with Crippen molar-refractivity contribution in [1.82, 2.24) is 0 Å². The Morgan fingerprint density at radius 1 is 1.08 bits per heavy atom. The molecule has 0 aromatic heterocycles. The van der Waals surface area contributed by atoms with E-state index in [0.717, 1.165) is 11.3 Å². The number of fused-ring (bicyclic) bond motifs is 3. The van der Waals surface area contributed by atoms with Crippen LogP contribution in [0.3, 0.4) is 0 Å². The molecule has 2 heterocycles. The Labute approximate surface area is 146 Å². The van der Waals surface area contributed by atoms with E-state index >= 15 is 0 Å². The molecule has 0 unspecified atom stereocenters. The van der Waals surface area contributed by atoms with Crippen molar-refractivity contribution in [1.29, 1.82) is 10.5 Å². The Kier molecular flexibility index (Phi) is 3.41. The average Bonchev–Trinajstić information content (AvgIpc) is 3.03. The van der Waals surface area contributed by atoms with Gasteiger partial charge in [-0.3, -0.25) is 4.79 Å². The van der Waals surface area contributed by atoms with Crippen LogP contribution in [-0.4, -0.2) is 17.9 Å². The van der Waals surface area contributed by atoms with Crippen molar-refractivity contribution < 1.29 is 4.79 Å². The van der Waals surface area contributed by atoms with Gasteiger partial charge in [-0.15, -0.1) is 0 Å². The SMILES string of the molecule is N#C[C@@H]1C[C@](C#N)(C(=O)c2ccccc2)[C@H]2C=Cc3ccccc3N12. The van der Waals surface area contributed by atoms with Crippen molar-refractivity contribution in [3.05, 3.63) is 71.8 Å². The minimum absolute atomic E-state index is 0.205. The van der Waals surface area contributed by atoms with E-state index in [2.05, 4.69) is 12.1 Å². The highest BCUT2D eigenvalue weighted by Crippen LogP contribution is 2.48. The van der Waals surface area contributed by atoms with Crippen LogP contribution in [0.5, 0.6) is 0 Å². The molecule has 4 heteroatoms.